The first kappa shape index (κ1) is 27.5. The van der Waals surface area contributed by atoms with Gasteiger partial charge in [-0.1, -0.05) is 54.1 Å². The van der Waals surface area contributed by atoms with Crippen molar-refractivity contribution in [3.8, 4) is 11.5 Å². The van der Waals surface area contributed by atoms with Crippen molar-refractivity contribution in [2.75, 3.05) is 13.2 Å². The summed E-state index contributed by atoms with van der Waals surface area (Å²) in [5, 5.41) is 9.41. The number of nitrogens with zero attached hydrogens (tertiary/aromatic N) is 1. The Morgan fingerprint density at radius 3 is 2.63 bits per heavy atom. The molecule has 0 bridgehead atoms. The molecule has 2 aromatic carbocycles. The van der Waals surface area contributed by atoms with E-state index in [9.17, 15) is 9.59 Å². The molecule has 186 valence electrons. The molecule has 0 unspecified atom stereocenters. The number of carbonyl (C=O) groups is 2. The molecular formula is C25H25BrClNO5S2. The van der Waals surface area contributed by atoms with E-state index in [1.54, 1.807) is 11.0 Å². The summed E-state index contributed by atoms with van der Waals surface area (Å²) in [6, 6.07) is 11.1. The highest BCUT2D eigenvalue weighted by molar-refractivity contribution is 9.10. The summed E-state index contributed by atoms with van der Waals surface area (Å²) in [4.78, 5) is 25.7. The van der Waals surface area contributed by atoms with E-state index in [2.05, 4.69) is 15.9 Å². The predicted molar refractivity (Wildman–Crippen MR) is 147 cm³/mol. The Hall–Kier alpha value is -2.07. The Kier molecular flexibility index (Phi) is 10.5. The number of thioether (sulfide) groups is 1. The van der Waals surface area contributed by atoms with Crippen molar-refractivity contribution >= 4 is 73.8 Å². The minimum atomic E-state index is -0.808. The van der Waals surface area contributed by atoms with Crippen molar-refractivity contribution in [1.29, 1.82) is 0 Å². The third kappa shape index (κ3) is 7.96. The van der Waals surface area contributed by atoms with Crippen LogP contribution in [0.3, 0.4) is 0 Å². The number of carbonyl (C=O) groups excluding carboxylic acids is 1. The van der Waals surface area contributed by atoms with Crippen LogP contribution in [0.2, 0.25) is 5.02 Å². The van der Waals surface area contributed by atoms with E-state index < -0.39 is 5.97 Å². The van der Waals surface area contributed by atoms with Gasteiger partial charge in [0.25, 0.3) is 5.91 Å². The molecule has 1 amide bonds. The van der Waals surface area contributed by atoms with Crippen LogP contribution < -0.4 is 9.47 Å². The number of hydrogen-bond acceptors (Lipinski definition) is 6. The number of aliphatic carboxylic acids is 1. The molecule has 3 rings (SSSR count). The quantitative estimate of drug-likeness (QED) is 0.161. The number of thiocarbonyl (C=S) groups is 1. The lowest BCUT2D eigenvalue weighted by molar-refractivity contribution is -0.137. The third-order valence-electron chi connectivity index (χ3n) is 5.07. The molecule has 2 aromatic rings. The number of carboxylic acid groups (broad SMARTS) is 1. The molecule has 1 aliphatic rings. The number of unbranched alkanes of at least 4 members (excludes halogenated alkanes) is 2. The molecule has 35 heavy (non-hydrogen) atoms. The Bertz CT molecular complexity index is 1120. The van der Waals surface area contributed by atoms with Gasteiger partial charge in [-0.05, 0) is 77.2 Å². The molecule has 0 saturated carbocycles. The number of rotatable bonds is 12. The molecule has 1 N–H and O–H groups in total. The highest BCUT2D eigenvalue weighted by Crippen LogP contribution is 2.40. The van der Waals surface area contributed by atoms with Crippen LogP contribution in [0.5, 0.6) is 11.5 Å². The van der Waals surface area contributed by atoms with Crippen molar-refractivity contribution in [2.45, 2.75) is 39.2 Å². The van der Waals surface area contributed by atoms with Gasteiger partial charge in [-0.15, -0.1) is 0 Å². The van der Waals surface area contributed by atoms with Gasteiger partial charge in [-0.3, -0.25) is 14.5 Å². The zero-order valence-corrected chi connectivity index (χ0v) is 23.1. The molecule has 0 spiro atoms. The molecule has 1 fully saturated rings. The van der Waals surface area contributed by atoms with Crippen molar-refractivity contribution < 1.29 is 24.2 Å². The monoisotopic (exact) mass is 597 g/mol. The van der Waals surface area contributed by atoms with Crippen LogP contribution >= 0.6 is 51.5 Å². The van der Waals surface area contributed by atoms with Crippen LogP contribution in [-0.4, -0.2) is 39.4 Å². The average Bonchev–Trinajstić information content (AvgIpc) is 3.06. The van der Waals surface area contributed by atoms with Crippen molar-refractivity contribution in [3.05, 3.63) is 61.9 Å². The largest absolute Gasteiger partial charge is 0.490 e. The Morgan fingerprint density at radius 1 is 1.20 bits per heavy atom. The van der Waals surface area contributed by atoms with E-state index in [1.165, 1.54) is 11.8 Å². The van der Waals surface area contributed by atoms with Crippen LogP contribution in [0, 0.1) is 0 Å². The van der Waals surface area contributed by atoms with Gasteiger partial charge in [0, 0.05) is 18.0 Å². The lowest BCUT2D eigenvalue weighted by atomic mass is 10.1. The summed E-state index contributed by atoms with van der Waals surface area (Å²) >= 11 is 16.2. The van der Waals surface area contributed by atoms with E-state index in [4.69, 9.17) is 38.4 Å². The minimum Gasteiger partial charge on any atom is -0.490 e. The summed E-state index contributed by atoms with van der Waals surface area (Å²) < 4.78 is 13.1. The molecule has 10 heteroatoms. The van der Waals surface area contributed by atoms with Crippen LogP contribution in [0.4, 0.5) is 0 Å². The number of carboxylic acids is 1. The average molecular weight is 599 g/mol. The standard InChI is InChI=1S/C25H25BrClNO5S2/c1-2-32-20-13-17(12-19(26)23(20)33-15-16-7-9-18(27)10-8-16)14-21-24(31)28(25(34)35-21)11-5-3-4-6-22(29)30/h7-10,12-14H,2-6,11,15H2,1H3,(H,29,30)/b21-14-. The zero-order valence-electron chi connectivity index (χ0n) is 19.1. The van der Waals surface area contributed by atoms with Crippen LogP contribution in [-0.2, 0) is 16.2 Å². The lowest BCUT2D eigenvalue weighted by Crippen LogP contribution is -2.29. The third-order valence-corrected chi connectivity index (χ3v) is 7.29. The summed E-state index contributed by atoms with van der Waals surface area (Å²) in [5.41, 5.74) is 1.75. The molecule has 0 radical (unpaired) electrons. The van der Waals surface area contributed by atoms with Gasteiger partial charge in [-0.2, -0.15) is 0 Å². The number of benzene rings is 2. The number of hydrogen-bond donors (Lipinski definition) is 1. The number of halogens is 2. The maximum absolute atomic E-state index is 12.9. The van der Waals surface area contributed by atoms with E-state index in [-0.39, 0.29) is 12.3 Å². The smallest absolute Gasteiger partial charge is 0.303 e. The second-order valence-corrected chi connectivity index (χ2v) is 10.7. The van der Waals surface area contributed by atoms with E-state index in [0.717, 1.165) is 17.5 Å². The molecule has 0 atom stereocenters. The SMILES string of the molecule is CCOc1cc(/C=C2\SC(=S)N(CCCCCC(=O)O)C2=O)cc(Br)c1OCc1ccc(Cl)cc1. The van der Waals surface area contributed by atoms with Gasteiger partial charge in [0.15, 0.2) is 11.5 Å². The second-order valence-electron chi connectivity index (χ2n) is 7.72. The first-order valence-corrected chi connectivity index (χ1v) is 13.5. The topological polar surface area (TPSA) is 76.1 Å². The van der Waals surface area contributed by atoms with Gasteiger partial charge in [0.05, 0.1) is 16.0 Å². The van der Waals surface area contributed by atoms with E-state index in [1.807, 2.05) is 43.3 Å². The van der Waals surface area contributed by atoms with Gasteiger partial charge in [0.1, 0.15) is 10.9 Å². The Balaban J connectivity index is 1.71. The van der Waals surface area contributed by atoms with E-state index in [0.29, 0.717) is 62.8 Å². The van der Waals surface area contributed by atoms with E-state index >= 15 is 0 Å². The van der Waals surface area contributed by atoms with Crippen molar-refractivity contribution in [1.82, 2.24) is 4.90 Å². The molecule has 1 saturated heterocycles. The van der Waals surface area contributed by atoms with Gasteiger partial charge in [-0.25, -0.2) is 0 Å². The second kappa shape index (κ2) is 13.3. The molecule has 1 aliphatic heterocycles. The Morgan fingerprint density at radius 2 is 1.94 bits per heavy atom. The van der Waals surface area contributed by atoms with Crippen LogP contribution in [0.25, 0.3) is 6.08 Å². The molecular weight excluding hydrogens is 574 g/mol. The van der Waals surface area contributed by atoms with Gasteiger partial charge >= 0.3 is 5.97 Å². The fourth-order valence-corrected chi connectivity index (χ4v) is 5.39. The zero-order chi connectivity index (χ0) is 25.4. The number of ether oxygens (including phenoxy) is 2. The van der Waals surface area contributed by atoms with Gasteiger partial charge in [0.2, 0.25) is 0 Å². The molecule has 1 heterocycles. The summed E-state index contributed by atoms with van der Waals surface area (Å²) in [5.74, 6) is 0.191. The minimum absolute atomic E-state index is 0.134. The molecule has 6 nitrogen and oxygen atoms in total. The van der Waals surface area contributed by atoms with Crippen molar-refractivity contribution in [2.24, 2.45) is 0 Å². The molecule has 0 aliphatic carbocycles. The fraction of sp³-hybridized carbons (Fsp3) is 0.320. The maximum atomic E-state index is 12.9. The highest BCUT2D eigenvalue weighted by Gasteiger charge is 2.31. The normalized spacial score (nSPS) is 14.6. The summed E-state index contributed by atoms with van der Waals surface area (Å²) in [6.45, 7) is 3.18. The van der Waals surface area contributed by atoms with Crippen LogP contribution in [0.15, 0.2) is 45.8 Å². The first-order valence-electron chi connectivity index (χ1n) is 11.1. The maximum Gasteiger partial charge on any atom is 0.303 e. The fourth-order valence-electron chi connectivity index (χ4n) is 3.38. The summed E-state index contributed by atoms with van der Waals surface area (Å²) in [6.07, 6.45) is 3.94. The summed E-state index contributed by atoms with van der Waals surface area (Å²) in [7, 11) is 0. The van der Waals surface area contributed by atoms with Gasteiger partial charge < -0.3 is 14.6 Å². The molecule has 0 aromatic heterocycles. The lowest BCUT2D eigenvalue weighted by Gasteiger charge is -2.15. The highest BCUT2D eigenvalue weighted by atomic mass is 79.9. The van der Waals surface area contributed by atoms with Crippen molar-refractivity contribution in [3.63, 3.8) is 0 Å². The predicted octanol–water partition coefficient (Wildman–Crippen LogP) is 6.93. The van der Waals surface area contributed by atoms with Crippen LogP contribution in [0.1, 0.15) is 43.7 Å². The number of amides is 1. The first-order chi connectivity index (χ1) is 16.8. The Labute approximate surface area is 227 Å².